The van der Waals surface area contributed by atoms with E-state index in [0.29, 0.717) is 5.56 Å². The lowest BCUT2D eigenvalue weighted by atomic mass is 10.1. The minimum atomic E-state index is 0.594. The van der Waals surface area contributed by atoms with E-state index in [1.54, 1.807) is 4.68 Å². The molecular weight excluding hydrogens is 224 g/mol. The highest BCUT2D eigenvalue weighted by atomic mass is 15.3. The summed E-state index contributed by atoms with van der Waals surface area (Å²) in [7, 11) is 1.83. The molecule has 0 fully saturated rings. The number of hydrogen-bond acceptors (Lipinski definition) is 3. The normalized spacial score (nSPS) is 10.2. The Hall–Kier alpha value is -2.28. The molecule has 1 aromatic heterocycles. The van der Waals surface area contributed by atoms with Gasteiger partial charge in [-0.25, -0.2) is 0 Å². The van der Waals surface area contributed by atoms with Crippen molar-refractivity contribution in [3.05, 3.63) is 40.6 Å². The van der Waals surface area contributed by atoms with Crippen molar-refractivity contribution in [2.45, 2.75) is 20.8 Å². The maximum absolute atomic E-state index is 9.16. The zero-order valence-electron chi connectivity index (χ0n) is 11.1. The SMILES string of the molecule is Cc1cc(C)cc(Nc2c(C#N)c(C)nn2C)c1. The Morgan fingerprint density at radius 2 is 1.78 bits per heavy atom. The molecule has 0 atom stereocenters. The second-order valence-corrected chi connectivity index (χ2v) is 4.55. The monoisotopic (exact) mass is 240 g/mol. The van der Waals surface area contributed by atoms with Crippen molar-refractivity contribution in [3.8, 4) is 6.07 Å². The third kappa shape index (κ3) is 2.21. The van der Waals surface area contributed by atoms with Gasteiger partial charge >= 0.3 is 0 Å². The van der Waals surface area contributed by atoms with E-state index in [1.165, 1.54) is 11.1 Å². The summed E-state index contributed by atoms with van der Waals surface area (Å²) in [4.78, 5) is 0. The third-order valence-electron chi connectivity index (χ3n) is 2.82. The van der Waals surface area contributed by atoms with Gasteiger partial charge in [0.2, 0.25) is 0 Å². The molecule has 0 unspecified atom stereocenters. The lowest BCUT2D eigenvalue weighted by Crippen LogP contribution is -2.01. The molecule has 0 saturated heterocycles. The molecule has 2 aromatic rings. The van der Waals surface area contributed by atoms with Crippen molar-refractivity contribution in [1.29, 1.82) is 5.26 Å². The van der Waals surface area contributed by atoms with E-state index in [9.17, 15) is 0 Å². The first-order chi connectivity index (χ1) is 8.51. The molecule has 0 aliphatic heterocycles. The van der Waals surface area contributed by atoms with Crippen LogP contribution in [0.5, 0.6) is 0 Å². The van der Waals surface area contributed by atoms with Crippen LogP contribution in [0.2, 0.25) is 0 Å². The standard InChI is InChI=1S/C14H16N4/c1-9-5-10(2)7-12(6-9)16-14-13(8-15)11(3)17-18(14)4/h5-7,16H,1-4H3. The summed E-state index contributed by atoms with van der Waals surface area (Å²) in [6.45, 7) is 5.95. The van der Waals surface area contributed by atoms with Gasteiger partial charge in [0.05, 0.1) is 5.69 Å². The van der Waals surface area contributed by atoms with Crippen molar-refractivity contribution in [3.63, 3.8) is 0 Å². The smallest absolute Gasteiger partial charge is 0.146 e. The van der Waals surface area contributed by atoms with Crippen LogP contribution < -0.4 is 5.32 Å². The lowest BCUT2D eigenvalue weighted by molar-refractivity contribution is 0.765. The second-order valence-electron chi connectivity index (χ2n) is 4.55. The van der Waals surface area contributed by atoms with Crippen LogP contribution in [-0.2, 0) is 7.05 Å². The molecule has 2 rings (SSSR count). The zero-order valence-corrected chi connectivity index (χ0v) is 11.1. The highest BCUT2D eigenvalue weighted by Crippen LogP contribution is 2.23. The molecule has 1 N–H and O–H groups in total. The molecule has 4 heteroatoms. The van der Waals surface area contributed by atoms with Crippen molar-refractivity contribution in [2.75, 3.05) is 5.32 Å². The Labute approximate surface area is 107 Å². The minimum Gasteiger partial charge on any atom is -0.339 e. The quantitative estimate of drug-likeness (QED) is 0.878. The second kappa shape index (κ2) is 4.53. The minimum absolute atomic E-state index is 0.594. The highest BCUT2D eigenvalue weighted by molar-refractivity contribution is 5.65. The van der Waals surface area contributed by atoms with Crippen LogP contribution in [0.4, 0.5) is 11.5 Å². The number of rotatable bonds is 2. The van der Waals surface area contributed by atoms with Crippen LogP contribution >= 0.6 is 0 Å². The molecule has 0 aliphatic rings. The van der Waals surface area contributed by atoms with E-state index in [-0.39, 0.29) is 0 Å². The van der Waals surface area contributed by atoms with E-state index < -0.39 is 0 Å². The fourth-order valence-electron chi connectivity index (χ4n) is 2.12. The van der Waals surface area contributed by atoms with Crippen LogP contribution in [0.25, 0.3) is 0 Å². The van der Waals surface area contributed by atoms with Crippen LogP contribution in [0, 0.1) is 32.1 Å². The lowest BCUT2D eigenvalue weighted by Gasteiger charge is -2.09. The molecule has 0 radical (unpaired) electrons. The molecule has 0 aliphatic carbocycles. The summed E-state index contributed by atoms with van der Waals surface area (Å²) >= 11 is 0. The predicted octanol–water partition coefficient (Wildman–Crippen LogP) is 2.96. The maximum atomic E-state index is 9.16. The number of nitriles is 1. The first kappa shape index (κ1) is 12.2. The summed E-state index contributed by atoms with van der Waals surface area (Å²) in [5.74, 6) is 0.736. The molecule has 0 saturated carbocycles. The molecular formula is C14H16N4. The molecule has 4 nitrogen and oxygen atoms in total. The topological polar surface area (TPSA) is 53.6 Å². The van der Waals surface area contributed by atoms with Crippen LogP contribution in [-0.4, -0.2) is 9.78 Å². The van der Waals surface area contributed by atoms with Crippen molar-refractivity contribution < 1.29 is 0 Å². The first-order valence-electron chi connectivity index (χ1n) is 5.80. The zero-order chi connectivity index (χ0) is 13.3. The number of nitrogens with one attached hydrogen (secondary N) is 1. The van der Waals surface area contributed by atoms with Crippen LogP contribution in [0.15, 0.2) is 18.2 Å². The van der Waals surface area contributed by atoms with Gasteiger partial charge in [-0.15, -0.1) is 0 Å². The number of aryl methyl sites for hydroxylation is 4. The Kier molecular flexibility index (Phi) is 3.07. The van der Waals surface area contributed by atoms with E-state index >= 15 is 0 Å². The Bertz CT molecular complexity index is 612. The molecule has 0 amide bonds. The molecule has 0 bridgehead atoms. The van der Waals surface area contributed by atoms with E-state index in [4.69, 9.17) is 5.26 Å². The predicted molar refractivity (Wildman–Crippen MR) is 71.9 cm³/mol. The number of benzene rings is 1. The van der Waals surface area contributed by atoms with Crippen molar-refractivity contribution in [2.24, 2.45) is 7.05 Å². The molecule has 0 spiro atoms. The maximum Gasteiger partial charge on any atom is 0.146 e. The van der Waals surface area contributed by atoms with Crippen LogP contribution in [0.3, 0.4) is 0 Å². The fourth-order valence-corrected chi connectivity index (χ4v) is 2.12. The highest BCUT2D eigenvalue weighted by Gasteiger charge is 2.12. The molecule has 1 heterocycles. The van der Waals surface area contributed by atoms with Gasteiger partial charge in [-0.05, 0) is 44.0 Å². The first-order valence-corrected chi connectivity index (χ1v) is 5.80. The summed E-state index contributed by atoms with van der Waals surface area (Å²) < 4.78 is 1.70. The number of anilines is 2. The third-order valence-corrected chi connectivity index (χ3v) is 2.82. The summed E-state index contributed by atoms with van der Waals surface area (Å²) in [5.41, 5.74) is 4.69. The Morgan fingerprint density at radius 3 is 2.33 bits per heavy atom. The molecule has 1 aromatic carbocycles. The average Bonchev–Trinajstić information content (AvgIpc) is 2.52. The Balaban J connectivity index is 2.43. The number of hydrogen-bond donors (Lipinski definition) is 1. The largest absolute Gasteiger partial charge is 0.339 e. The van der Waals surface area contributed by atoms with Gasteiger partial charge in [0.15, 0.2) is 0 Å². The van der Waals surface area contributed by atoms with Gasteiger partial charge in [0.1, 0.15) is 17.5 Å². The fraction of sp³-hybridized carbons (Fsp3) is 0.286. The van der Waals surface area contributed by atoms with Gasteiger partial charge < -0.3 is 5.32 Å². The summed E-state index contributed by atoms with van der Waals surface area (Å²) in [6, 6.07) is 8.41. The van der Waals surface area contributed by atoms with E-state index in [2.05, 4.69) is 48.5 Å². The van der Waals surface area contributed by atoms with Gasteiger partial charge in [-0.1, -0.05) is 6.07 Å². The average molecular weight is 240 g/mol. The van der Waals surface area contributed by atoms with Crippen LogP contribution in [0.1, 0.15) is 22.4 Å². The van der Waals surface area contributed by atoms with Gasteiger partial charge in [-0.3, -0.25) is 4.68 Å². The van der Waals surface area contributed by atoms with Gasteiger partial charge in [0, 0.05) is 12.7 Å². The van der Waals surface area contributed by atoms with Gasteiger partial charge in [-0.2, -0.15) is 10.4 Å². The van der Waals surface area contributed by atoms with Crippen molar-refractivity contribution >= 4 is 11.5 Å². The van der Waals surface area contributed by atoms with E-state index in [1.807, 2.05) is 14.0 Å². The number of nitrogens with zero attached hydrogens (tertiary/aromatic N) is 3. The molecule has 18 heavy (non-hydrogen) atoms. The van der Waals surface area contributed by atoms with Crippen molar-refractivity contribution in [1.82, 2.24) is 9.78 Å². The van der Waals surface area contributed by atoms with E-state index in [0.717, 1.165) is 17.2 Å². The summed E-state index contributed by atoms with van der Waals surface area (Å²) in [6.07, 6.45) is 0. The number of aromatic nitrogens is 2. The Morgan fingerprint density at radius 1 is 1.17 bits per heavy atom. The molecule has 92 valence electrons. The van der Waals surface area contributed by atoms with Gasteiger partial charge in [0.25, 0.3) is 0 Å². The summed E-state index contributed by atoms with van der Waals surface area (Å²) in [5, 5.41) is 16.7.